The van der Waals surface area contributed by atoms with Crippen LogP contribution in [-0.4, -0.2) is 6.10 Å². The van der Waals surface area contributed by atoms with Gasteiger partial charge >= 0.3 is 0 Å². The first-order chi connectivity index (χ1) is 6.43. The van der Waals surface area contributed by atoms with E-state index in [4.69, 9.17) is 4.74 Å². The normalized spacial score (nSPS) is 19.2. The molecule has 76 valence electrons. The molecule has 1 aliphatic carbocycles. The lowest BCUT2D eigenvalue weighted by Gasteiger charge is -2.21. The van der Waals surface area contributed by atoms with Crippen LogP contribution in [0.3, 0.4) is 0 Å². The van der Waals surface area contributed by atoms with Crippen molar-refractivity contribution in [2.24, 2.45) is 0 Å². The van der Waals surface area contributed by atoms with Gasteiger partial charge in [-0.25, -0.2) is 0 Å². The fourth-order valence-electron chi connectivity index (χ4n) is 1.81. The van der Waals surface area contributed by atoms with Crippen molar-refractivity contribution in [3.8, 4) is 0 Å². The summed E-state index contributed by atoms with van der Waals surface area (Å²) >= 11 is 0. The highest BCUT2D eigenvalue weighted by Crippen LogP contribution is 2.21. The Kier molecular flexibility index (Phi) is 6.26. The molecule has 0 saturated heterocycles. The first-order valence-corrected chi connectivity index (χ1v) is 5.70. The summed E-state index contributed by atoms with van der Waals surface area (Å²) in [6.07, 6.45) is 11.8. The predicted molar refractivity (Wildman–Crippen MR) is 56.1 cm³/mol. The molecule has 1 nitrogen and oxygen atoms in total. The smallest absolute Gasteiger partial charge is 0.0840 e. The molecule has 0 aromatic rings. The summed E-state index contributed by atoms with van der Waals surface area (Å²) in [6.45, 7) is 5.84. The Bertz CT molecular complexity index is 106. The van der Waals surface area contributed by atoms with Gasteiger partial charge in [-0.3, -0.25) is 0 Å². The van der Waals surface area contributed by atoms with Crippen molar-refractivity contribution in [3.63, 3.8) is 0 Å². The number of rotatable bonds is 6. The van der Waals surface area contributed by atoms with E-state index in [1.165, 1.54) is 44.9 Å². The van der Waals surface area contributed by atoms with Gasteiger partial charge in [0, 0.05) is 0 Å². The van der Waals surface area contributed by atoms with Gasteiger partial charge in [-0.1, -0.05) is 45.4 Å². The van der Waals surface area contributed by atoms with E-state index in [9.17, 15) is 0 Å². The average molecular weight is 182 g/mol. The minimum atomic E-state index is 0.536. The fraction of sp³-hybridized carbons (Fsp3) is 0.833. The number of unbranched alkanes of at least 4 members (excludes halogenated alkanes) is 3. The topological polar surface area (TPSA) is 9.23 Å². The lowest BCUT2D eigenvalue weighted by molar-refractivity contribution is 0.0688. The molecule has 1 fully saturated rings. The summed E-state index contributed by atoms with van der Waals surface area (Å²) < 4.78 is 5.68. The van der Waals surface area contributed by atoms with Gasteiger partial charge in [0.1, 0.15) is 0 Å². The standard InChI is InChI=1S/C12H22O/c1-2-3-4-8-11-13-12-9-6-5-7-10-12/h11-12H,1-10H2. The van der Waals surface area contributed by atoms with Crippen molar-refractivity contribution in [1.82, 2.24) is 0 Å². The summed E-state index contributed by atoms with van der Waals surface area (Å²) in [6, 6.07) is 0. The van der Waals surface area contributed by atoms with Crippen LogP contribution in [0.4, 0.5) is 0 Å². The van der Waals surface area contributed by atoms with Gasteiger partial charge in [0.25, 0.3) is 0 Å². The zero-order chi connectivity index (χ0) is 9.36. The maximum Gasteiger partial charge on any atom is 0.0840 e. The molecule has 1 aliphatic rings. The summed E-state index contributed by atoms with van der Waals surface area (Å²) in [4.78, 5) is 0. The minimum absolute atomic E-state index is 0.536. The maximum atomic E-state index is 5.68. The number of hydrogen-bond donors (Lipinski definition) is 0. The Morgan fingerprint density at radius 2 is 1.92 bits per heavy atom. The zero-order valence-corrected chi connectivity index (χ0v) is 8.63. The largest absolute Gasteiger partial charge is 0.372 e. The number of hydrogen-bond acceptors (Lipinski definition) is 1. The van der Waals surface area contributed by atoms with Crippen LogP contribution in [0, 0.1) is 13.5 Å². The van der Waals surface area contributed by atoms with Crippen molar-refractivity contribution in [3.05, 3.63) is 13.5 Å². The van der Waals surface area contributed by atoms with Crippen LogP contribution in [-0.2, 0) is 4.74 Å². The zero-order valence-electron chi connectivity index (χ0n) is 8.63. The molecule has 0 heterocycles. The molecule has 0 N–H and O–H groups in total. The Balaban J connectivity index is 1.86. The highest BCUT2D eigenvalue weighted by atomic mass is 16.5. The molecular formula is C12H22O. The third kappa shape index (κ3) is 5.30. The summed E-state index contributed by atoms with van der Waals surface area (Å²) in [5.41, 5.74) is 0. The second-order valence-electron chi connectivity index (χ2n) is 3.91. The molecular weight excluding hydrogens is 160 g/mol. The van der Waals surface area contributed by atoms with E-state index in [0.29, 0.717) is 6.10 Å². The van der Waals surface area contributed by atoms with Gasteiger partial charge in [0.2, 0.25) is 0 Å². The molecule has 2 radical (unpaired) electrons. The van der Waals surface area contributed by atoms with Gasteiger partial charge in [-0.15, -0.1) is 0 Å². The molecule has 0 aromatic carbocycles. The molecule has 1 rings (SSSR count). The van der Waals surface area contributed by atoms with Crippen LogP contribution >= 0.6 is 0 Å². The summed E-state index contributed by atoms with van der Waals surface area (Å²) in [5.74, 6) is 0. The lowest BCUT2D eigenvalue weighted by Crippen LogP contribution is -2.15. The van der Waals surface area contributed by atoms with Crippen molar-refractivity contribution in [2.75, 3.05) is 0 Å². The van der Waals surface area contributed by atoms with Crippen molar-refractivity contribution >= 4 is 0 Å². The van der Waals surface area contributed by atoms with Gasteiger partial charge in [-0.05, 0) is 19.3 Å². The van der Waals surface area contributed by atoms with Gasteiger partial charge < -0.3 is 4.74 Å². The average Bonchev–Trinajstić information content (AvgIpc) is 2.19. The second-order valence-corrected chi connectivity index (χ2v) is 3.91. The third-order valence-electron chi connectivity index (χ3n) is 2.66. The molecule has 0 aliphatic heterocycles. The SMILES string of the molecule is [CH2]CCCC[CH]OC1CCCCC1. The van der Waals surface area contributed by atoms with E-state index in [1.807, 2.05) is 6.61 Å². The predicted octanol–water partition coefficient (Wildman–Crippen LogP) is 3.89. The number of ether oxygens (including phenoxy) is 1. The Morgan fingerprint density at radius 1 is 1.15 bits per heavy atom. The van der Waals surface area contributed by atoms with Gasteiger partial charge in [-0.2, -0.15) is 0 Å². The third-order valence-corrected chi connectivity index (χ3v) is 2.66. The van der Waals surface area contributed by atoms with Crippen LogP contribution in [0.1, 0.15) is 57.8 Å². The van der Waals surface area contributed by atoms with Crippen LogP contribution in [0.15, 0.2) is 0 Å². The molecule has 0 amide bonds. The first kappa shape index (κ1) is 11.0. The quantitative estimate of drug-likeness (QED) is 0.566. The highest BCUT2D eigenvalue weighted by Gasteiger charge is 2.12. The summed E-state index contributed by atoms with van der Waals surface area (Å²) in [5, 5.41) is 0. The molecule has 0 bridgehead atoms. The first-order valence-electron chi connectivity index (χ1n) is 5.70. The van der Waals surface area contributed by atoms with Crippen molar-refractivity contribution in [1.29, 1.82) is 0 Å². The van der Waals surface area contributed by atoms with E-state index >= 15 is 0 Å². The minimum Gasteiger partial charge on any atom is -0.372 e. The van der Waals surface area contributed by atoms with E-state index in [2.05, 4.69) is 6.92 Å². The lowest BCUT2D eigenvalue weighted by atomic mass is 9.98. The maximum absolute atomic E-state index is 5.68. The van der Waals surface area contributed by atoms with E-state index in [-0.39, 0.29) is 0 Å². The van der Waals surface area contributed by atoms with Gasteiger partial charge in [0.05, 0.1) is 12.7 Å². The second kappa shape index (κ2) is 7.37. The molecule has 1 saturated carbocycles. The summed E-state index contributed by atoms with van der Waals surface area (Å²) in [7, 11) is 0. The van der Waals surface area contributed by atoms with Crippen LogP contribution in [0.2, 0.25) is 0 Å². The van der Waals surface area contributed by atoms with Crippen LogP contribution < -0.4 is 0 Å². The Hall–Kier alpha value is -0.0400. The van der Waals surface area contributed by atoms with E-state index < -0.39 is 0 Å². The molecule has 0 aromatic heterocycles. The fourth-order valence-corrected chi connectivity index (χ4v) is 1.81. The Morgan fingerprint density at radius 3 is 2.62 bits per heavy atom. The Labute approximate surface area is 82.9 Å². The van der Waals surface area contributed by atoms with Crippen molar-refractivity contribution < 1.29 is 4.74 Å². The molecule has 0 atom stereocenters. The highest BCUT2D eigenvalue weighted by molar-refractivity contribution is 4.67. The monoisotopic (exact) mass is 182 g/mol. The molecule has 13 heavy (non-hydrogen) atoms. The molecule has 0 spiro atoms. The molecule has 0 unspecified atom stereocenters. The van der Waals surface area contributed by atoms with Gasteiger partial charge in [0.15, 0.2) is 0 Å². The van der Waals surface area contributed by atoms with Crippen LogP contribution in [0.25, 0.3) is 0 Å². The molecule has 1 heteroatoms. The van der Waals surface area contributed by atoms with E-state index in [0.717, 1.165) is 12.8 Å². The van der Waals surface area contributed by atoms with Crippen LogP contribution in [0.5, 0.6) is 0 Å². The van der Waals surface area contributed by atoms with Crippen molar-refractivity contribution in [2.45, 2.75) is 63.9 Å². The van der Waals surface area contributed by atoms with E-state index in [1.54, 1.807) is 0 Å².